The number of rotatable bonds is 9. The molecule has 0 saturated heterocycles. The summed E-state index contributed by atoms with van der Waals surface area (Å²) in [5, 5.41) is 2.19. The van der Waals surface area contributed by atoms with Gasteiger partial charge in [0.25, 0.3) is 0 Å². The van der Waals surface area contributed by atoms with Crippen molar-refractivity contribution in [3.63, 3.8) is 0 Å². The molecule has 0 spiro atoms. The number of hydrogen-bond acceptors (Lipinski definition) is 3. The predicted molar refractivity (Wildman–Crippen MR) is 239 cm³/mol. The first-order chi connectivity index (χ1) is 28.3. The van der Waals surface area contributed by atoms with Crippen molar-refractivity contribution in [3.8, 4) is 33.4 Å². The quantitative estimate of drug-likeness (QED) is 0.147. The van der Waals surface area contributed by atoms with Gasteiger partial charge in [-0.15, -0.1) is 0 Å². The van der Waals surface area contributed by atoms with Crippen LogP contribution in [0.25, 0.3) is 55.3 Å². The fraction of sp³-hybridized carbons (Fsp3) is 0. The lowest BCUT2D eigenvalue weighted by Crippen LogP contribution is -2.15. The maximum absolute atomic E-state index is 6.86. The van der Waals surface area contributed by atoms with Gasteiger partial charge < -0.3 is 14.2 Å². The minimum absolute atomic E-state index is 0.859. The fourth-order valence-corrected chi connectivity index (χ4v) is 8.13. The van der Waals surface area contributed by atoms with Crippen LogP contribution in [0, 0.1) is 0 Å². The monoisotopic (exact) mass is 730 g/mol. The van der Waals surface area contributed by atoms with Gasteiger partial charge in [-0.3, -0.25) is 0 Å². The molecule has 0 unspecified atom stereocenters. The van der Waals surface area contributed by atoms with Gasteiger partial charge in [0, 0.05) is 50.3 Å². The van der Waals surface area contributed by atoms with E-state index >= 15 is 0 Å². The van der Waals surface area contributed by atoms with Crippen LogP contribution >= 0.6 is 0 Å². The first kappa shape index (κ1) is 33.9. The molecule has 0 aliphatic heterocycles. The van der Waals surface area contributed by atoms with E-state index in [4.69, 9.17) is 4.42 Å². The molecule has 57 heavy (non-hydrogen) atoms. The molecule has 3 heteroatoms. The van der Waals surface area contributed by atoms with Crippen LogP contribution in [0.3, 0.4) is 0 Å². The van der Waals surface area contributed by atoms with Crippen LogP contribution in [0.2, 0.25) is 0 Å². The Labute approximate surface area is 333 Å². The smallest absolute Gasteiger partial charge is 0.143 e. The standard InChI is InChI=1S/C54H38N2O/c1-6-21-39(22-7-1)45-31-16-17-33-47(45)53-50(49-35-20-34-48-46-32-18-19-36-52(46)57-54(48)49)37-44(55(40-23-8-2-9-24-40)41-25-10-3-11-26-41)38-51(53)56(42-27-12-4-13-28-42)43-29-14-5-15-30-43/h1-38H. The maximum atomic E-state index is 6.86. The first-order valence-corrected chi connectivity index (χ1v) is 19.4. The van der Waals surface area contributed by atoms with E-state index in [0.717, 1.165) is 89.4 Å². The van der Waals surface area contributed by atoms with Crippen molar-refractivity contribution in [2.75, 3.05) is 9.80 Å². The highest BCUT2D eigenvalue weighted by molar-refractivity contribution is 6.13. The summed E-state index contributed by atoms with van der Waals surface area (Å²) in [5.41, 5.74) is 14.6. The number of para-hydroxylation sites is 6. The molecule has 0 bridgehead atoms. The average molecular weight is 731 g/mol. The van der Waals surface area contributed by atoms with Crippen LogP contribution in [0.5, 0.6) is 0 Å². The van der Waals surface area contributed by atoms with E-state index in [1.54, 1.807) is 0 Å². The third kappa shape index (κ3) is 6.31. The summed E-state index contributed by atoms with van der Waals surface area (Å²) in [7, 11) is 0. The lowest BCUT2D eigenvalue weighted by atomic mass is 9.86. The second-order valence-electron chi connectivity index (χ2n) is 14.1. The second kappa shape index (κ2) is 14.9. The van der Waals surface area contributed by atoms with Crippen molar-refractivity contribution < 1.29 is 4.42 Å². The Hall–Kier alpha value is -7.62. The van der Waals surface area contributed by atoms with Crippen LogP contribution in [-0.2, 0) is 0 Å². The second-order valence-corrected chi connectivity index (χ2v) is 14.1. The Kier molecular flexibility index (Phi) is 8.86. The predicted octanol–water partition coefficient (Wildman–Crippen LogP) is 15.5. The van der Waals surface area contributed by atoms with Gasteiger partial charge in [0.2, 0.25) is 0 Å². The Balaban J connectivity index is 1.40. The molecule has 1 heterocycles. The van der Waals surface area contributed by atoms with Crippen molar-refractivity contribution >= 4 is 56.1 Å². The lowest BCUT2D eigenvalue weighted by Gasteiger charge is -2.33. The summed E-state index contributed by atoms with van der Waals surface area (Å²) in [6.45, 7) is 0. The molecule has 270 valence electrons. The van der Waals surface area contributed by atoms with E-state index in [9.17, 15) is 0 Å². The summed E-state index contributed by atoms with van der Waals surface area (Å²) in [4.78, 5) is 4.75. The Morgan fingerprint density at radius 1 is 0.298 bits per heavy atom. The van der Waals surface area contributed by atoms with E-state index in [0.29, 0.717) is 0 Å². The van der Waals surface area contributed by atoms with E-state index in [2.05, 4.69) is 234 Å². The normalized spacial score (nSPS) is 11.2. The molecule has 0 fully saturated rings. The van der Waals surface area contributed by atoms with Crippen molar-refractivity contribution in [2.24, 2.45) is 0 Å². The van der Waals surface area contributed by atoms with Gasteiger partial charge in [-0.1, -0.05) is 164 Å². The average Bonchev–Trinajstić information content (AvgIpc) is 3.67. The molecule has 10 rings (SSSR count). The molecule has 0 radical (unpaired) electrons. The van der Waals surface area contributed by atoms with Crippen LogP contribution in [0.15, 0.2) is 235 Å². The first-order valence-electron chi connectivity index (χ1n) is 19.4. The summed E-state index contributed by atoms with van der Waals surface area (Å²) in [6, 6.07) is 81.8. The zero-order valence-electron chi connectivity index (χ0n) is 31.2. The Morgan fingerprint density at radius 3 is 1.35 bits per heavy atom. The van der Waals surface area contributed by atoms with Gasteiger partial charge in [-0.25, -0.2) is 0 Å². The Bertz CT molecular complexity index is 2860. The van der Waals surface area contributed by atoms with Gasteiger partial charge in [-0.2, -0.15) is 0 Å². The number of furan rings is 1. The zero-order valence-corrected chi connectivity index (χ0v) is 31.2. The molecule has 9 aromatic carbocycles. The largest absolute Gasteiger partial charge is 0.455 e. The molecule has 0 atom stereocenters. The highest BCUT2D eigenvalue weighted by Crippen LogP contribution is 2.52. The molecule has 3 nitrogen and oxygen atoms in total. The summed E-state index contributed by atoms with van der Waals surface area (Å²) < 4.78 is 6.86. The zero-order chi connectivity index (χ0) is 38.0. The van der Waals surface area contributed by atoms with Crippen LogP contribution < -0.4 is 9.80 Å². The third-order valence-electron chi connectivity index (χ3n) is 10.6. The minimum Gasteiger partial charge on any atom is -0.455 e. The molecule has 0 amide bonds. The molecular formula is C54H38N2O. The third-order valence-corrected chi connectivity index (χ3v) is 10.6. The van der Waals surface area contributed by atoms with Crippen LogP contribution in [-0.4, -0.2) is 0 Å². The van der Waals surface area contributed by atoms with E-state index < -0.39 is 0 Å². The van der Waals surface area contributed by atoms with E-state index in [1.807, 2.05) is 6.07 Å². The number of nitrogens with zero attached hydrogens (tertiary/aromatic N) is 2. The van der Waals surface area contributed by atoms with Crippen LogP contribution in [0.1, 0.15) is 0 Å². The molecule has 0 saturated carbocycles. The maximum Gasteiger partial charge on any atom is 0.143 e. The summed E-state index contributed by atoms with van der Waals surface area (Å²) in [5.74, 6) is 0. The topological polar surface area (TPSA) is 19.6 Å². The molecular weight excluding hydrogens is 693 g/mol. The number of anilines is 6. The van der Waals surface area contributed by atoms with Crippen molar-refractivity contribution in [1.82, 2.24) is 0 Å². The summed E-state index contributed by atoms with van der Waals surface area (Å²) in [6.07, 6.45) is 0. The fourth-order valence-electron chi connectivity index (χ4n) is 8.13. The van der Waals surface area contributed by atoms with Crippen molar-refractivity contribution in [1.29, 1.82) is 0 Å². The van der Waals surface area contributed by atoms with Crippen LogP contribution in [0.4, 0.5) is 34.1 Å². The molecule has 0 aliphatic carbocycles. The minimum atomic E-state index is 0.859. The Morgan fingerprint density at radius 2 is 0.754 bits per heavy atom. The van der Waals surface area contributed by atoms with Crippen molar-refractivity contribution in [3.05, 3.63) is 231 Å². The molecule has 10 aromatic rings. The van der Waals surface area contributed by atoms with Crippen molar-refractivity contribution in [2.45, 2.75) is 0 Å². The molecule has 1 aromatic heterocycles. The van der Waals surface area contributed by atoms with E-state index in [1.165, 1.54) is 0 Å². The van der Waals surface area contributed by atoms with E-state index in [-0.39, 0.29) is 0 Å². The number of fused-ring (bicyclic) bond motifs is 3. The molecule has 0 aliphatic rings. The van der Waals surface area contributed by atoms with Gasteiger partial charge in [0.05, 0.1) is 5.69 Å². The highest BCUT2D eigenvalue weighted by atomic mass is 16.3. The van der Waals surface area contributed by atoms with Gasteiger partial charge in [0.1, 0.15) is 11.2 Å². The highest BCUT2D eigenvalue weighted by Gasteiger charge is 2.27. The summed E-state index contributed by atoms with van der Waals surface area (Å²) >= 11 is 0. The SMILES string of the molecule is c1ccc(-c2ccccc2-c2c(-c3cccc4c3oc3ccccc34)cc(N(c3ccccc3)c3ccccc3)cc2N(c2ccccc2)c2ccccc2)cc1. The molecule has 0 N–H and O–H groups in total. The number of hydrogen-bond donors (Lipinski definition) is 0. The van der Waals surface area contributed by atoms with Gasteiger partial charge >= 0.3 is 0 Å². The van der Waals surface area contributed by atoms with Gasteiger partial charge in [0.15, 0.2) is 0 Å². The lowest BCUT2D eigenvalue weighted by molar-refractivity contribution is 0.670. The number of benzene rings is 9. The van der Waals surface area contributed by atoms with Gasteiger partial charge in [-0.05, 0) is 89.0 Å².